The first-order chi connectivity index (χ1) is 12.6. The quantitative estimate of drug-likeness (QED) is 0.762. The molecule has 0 radical (unpaired) electrons. The first-order valence-electron chi connectivity index (χ1n) is 8.66. The molecule has 26 heavy (non-hydrogen) atoms. The predicted octanol–water partition coefficient (Wildman–Crippen LogP) is 2.54. The highest BCUT2D eigenvalue weighted by Gasteiger charge is 2.21. The van der Waals surface area contributed by atoms with Gasteiger partial charge in [0.15, 0.2) is 5.76 Å². The highest BCUT2D eigenvalue weighted by Crippen LogP contribution is 2.26. The van der Waals surface area contributed by atoms with Crippen molar-refractivity contribution in [3.63, 3.8) is 0 Å². The molecule has 0 bridgehead atoms. The van der Waals surface area contributed by atoms with Gasteiger partial charge < -0.3 is 25.5 Å². The highest BCUT2D eigenvalue weighted by molar-refractivity contribution is 6.04. The average molecular weight is 357 g/mol. The number of nitrogens with one attached hydrogen (secondary N) is 2. The fourth-order valence-electron chi connectivity index (χ4n) is 3.07. The van der Waals surface area contributed by atoms with E-state index < -0.39 is 5.91 Å². The van der Waals surface area contributed by atoms with Gasteiger partial charge in [-0.15, -0.1) is 0 Å². The Bertz CT molecular complexity index is 765. The summed E-state index contributed by atoms with van der Waals surface area (Å²) in [6.07, 6.45) is 5.01. The number of carbonyl (C=O) groups is 2. The molecule has 3 rings (SSSR count). The van der Waals surface area contributed by atoms with E-state index in [0.717, 1.165) is 25.7 Å². The third-order valence-corrected chi connectivity index (χ3v) is 4.56. The molecule has 0 saturated heterocycles. The molecule has 1 fully saturated rings. The van der Waals surface area contributed by atoms with E-state index in [1.807, 2.05) is 0 Å². The molecule has 7 heteroatoms. The minimum absolute atomic E-state index is 0.130. The van der Waals surface area contributed by atoms with Crippen molar-refractivity contribution in [2.45, 2.75) is 37.8 Å². The van der Waals surface area contributed by atoms with Gasteiger partial charge in [-0.1, -0.05) is 0 Å². The van der Waals surface area contributed by atoms with E-state index in [1.165, 1.54) is 13.4 Å². The Labute approximate surface area is 151 Å². The summed E-state index contributed by atoms with van der Waals surface area (Å²) in [5.41, 5.74) is 6.77. The number of hydrogen-bond acceptors (Lipinski definition) is 5. The summed E-state index contributed by atoms with van der Waals surface area (Å²) in [6, 6.07) is 8.48. The van der Waals surface area contributed by atoms with Gasteiger partial charge in [0.05, 0.1) is 19.1 Å². The SMILES string of the molecule is COc1ccc(C(=O)NC2CCC(N)CC2)cc1NC(=O)c1ccco1. The van der Waals surface area contributed by atoms with Crippen molar-refractivity contribution >= 4 is 17.5 Å². The molecule has 4 N–H and O–H groups in total. The van der Waals surface area contributed by atoms with Gasteiger partial charge in [0.2, 0.25) is 0 Å². The van der Waals surface area contributed by atoms with Gasteiger partial charge in [-0.2, -0.15) is 0 Å². The van der Waals surface area contributed by atoms with Crippen molar-refractivity contribution < 1.29 is 18.7 Å². The maximum atomic E-state index is 12.5. The van der Waals surface area contributed by atoms with Gasteiger partial charge in [-0.05, 0) is 56.0 Å². The van der Waals surface area contributed by atoms with Crippen LogP contribution >= 0.6 is 0 Å². The molecule has 0 aliphatic heterocycles. The third-order valence-electron chi connectivity index (χ3n) is 4.56. The summed E-state index contributed by atoms with van der Waals surface area (Å²) in [4.78, 5) is 24.7. The van der Waals surface area contributed by atoms with Crippen LogP contribution in [0.15, 0.2) is 41.0 Å². The molecule has 2 aromatic rings. The molecule has 0 unspecified atom stereocenters. The number of benzene rings is 1. The third kappa shape index (κ3) is 4.23. The largest absolute Gasteiger partial charge is 0.495 e. The second-order valence-corrected chi connectivity index (χ2v) is 6.43. The smallest absolute Gasteiger partial charge is 0.291 e. The van der Waals surface area contributed by atoms with E-state index in [-0.39, 0.29) is 23.8 Å². The number of hydrogen-bond donors (Lipinski definition) is 3. The van der Waals surface area contributed by atoms with Gasteiger partial charge in [0, 0.05) is 17.6 Å². The maximum absolute atomic E-state index is 12.5. The number of carbonyl (C=O) groups excluding carboxylic acids is 2. The minimum Gasteiger partial charge on any atom is -0.495 e. The van der Waals surface area contributed by atoms with Crippen molar-refractivity contribution in [2.75, 3.05) is 12.4 Å². The number of methoxy groups -OCH3 is 1. The molecule has 138 valence electrons. The van der Waals surface area contributed by atoms with E-state index in [0.29, 0.717) is 17.0 Å². The van der Waals surface area contributed by atoms with Crippen molar-refractivity contribution in [3.05, 3.63) is 47.9 Å². The monoisotopic (exact) mass is 357 g/mol. The molecule has 0 atom stereocenters. The number of furan rings is 1. The fourth-order valence-corrected chi connectivity index (χ4v) is 3.07. The molecular weight excluding hydrogens is 334 g/mol. The number of rotatable bonds is 5. The van der Waals surface area contributed by atoms with Crippen molar-refractivity contribution in [1.82, 2.24) is 5.32 Å². The summed E-state index contributed by atoms with van der Waals surface area (Å²) in [7, 11) is 1.50. The van der Waals surface area contributed by atoms with Crippen LogP contribution in [0.4, 0.5) is 5.69 Å². The first-order valence-corrected chi connectivity index (χ1v) is 8.66. The lowest BCUT2D eigenvalue weighted by Gasteiger charge is -2.26. The fraction of sp³-hybridized carbons (Fsp3) is 0.368. The molecule has 7 nitrogen and oxygen atoms in total. The highest BCUT2D eigenvalue weighted by atomic mass is 16.5. The zero-order valence-corrected chi connectivity index (χ0v) is 14.7. The topological polar surface area (TPSA) is 107 Å². The first kappa shape index (κ1) is 18.0. The van der Waals surface area contributed by atoms with Crippen molar-refractivity contribution in [2.24, 2.45) is 5.73 Å². The summed E-state index contributed by atoms with van der Waals surface area (Å²) < 4.78 is 10.4. The van der Waals surface area contributed by atoms with Gasteiger partial charge in [0.1, 0.15) is 5.75 Å². The normalized spacial score (nSPS) is 19.6. The Morgan fingerprint density at radius 2 is 1.92 bits per heavy atom. The van der Waals surface area contributed by atoms with E-state index in [1.54, 1.807) is 30.3 Å². The van der Waals surface area contributed by atoms with Gasteiger partial charge >= 0.3 is 0 Å². The molecule has 0 spiro atoms. The molecule has 1 aromatic heterocycles. The van der Waals surface area contributed by atoms with Gasteiger partial charge in [-0.25, -0.2) is 0 Å². The Kier molecular flexibility index (Phi) is 5.58. The van der Waals surface area contributed by atoms with Gasteiger partial charge in [-0.3, -0.25) is 9.59 Å². The van der Waals surface area contributed by atoms with Gasteiger partial charge in [0.25, 0.3) is 11.8 Å². The van der Waals surface area contributed by atoms with Crippen LogP contribution in [-0.4, -0.2) is 31.0 Å². The molecular formula is C19H23N3O4. The second kappa shape index (κ2) is 8.05. The summed E-state index contributed by atoms with van der Waals surface area (Å²) in [5, 5.41) is 5.75. The van der Waals surface area contributed by atoms with Crippen molar-refractivity contribution in [1.29, 1.82) is 0 Å². The zero-order valence-electron chi connectivity index (χ0n) is 14.7. The summed E-state index contributed by atoms with van der Waals surface area (Å²) in [6.45, 7) is 0. The van der Waals surface area contributed by atoms with Crippen LogP contribution in [-0.2, 0) is 0 Å². The van der Waals surface area contributed by atoms with E-state index in [2.05, 4.69) is 10.6 Å². The lowest BCUT2D eigenvalue weighted by atomic mass is 9.91. The molecule has 1 saturated carbocycles. The number of amides is 2. The summed E-state index contributed by atoms with van der Waals surface area (Å²) >= 11 is 0. The molecule has 1 aromatic carbocycles. The Morgan fingerprint density at radius 1 is 1.15 bits per heavy atom. The lowest BCUT2D eigenvalue weighted by molar-refractivity contribution is 0.0924. The van der Waals surface area contributed by atoms with E-state index >= 15 is 0 Å². The van der Waals surface area contributed by atoms with Crippen LogP contribution in [0.5, 0.6) is 5.75 Å². The summed E-state index contributed by atoms with van der Waals surface area (Å²) in [5.74, 6) is 0.0549. The van der Waals surface area contributed by atoms with E-state index in [4.69, 9.17) is 14.9 Å². The predicted molar refractivity (Wildman–Crippen MR) is 97.4 cm³/mol. The van der Waals surface area contributed by atoms with Crippen LogP contribution in [0.25, 0.3) is 0 Å². The van der Waals surface area contributed by atoms with E-state index in [9.17, 15) is 9.59 Å². The standard InChI is InChI=1S/C19H23N3O4/c1-25-16-9-4-12(18(23)21-14-7-5-13(20)6-8-14)11-15(16)22-19(24)17-3-2-10-26-17/h2-4,9-11,13-14H,5-8,20H2,1H3,(H,21,23)(H,22,24). The molecule has 1 aliphatic rings. The Hall–Kier alpha value is -2.80. The van der Waals surface area contributed by atoms with Crippen LogP contribution in [0.1, 0.15) is 46.6 Å². The Balaban J connectivity index is 1.72. The van der Waals surface area contributed by atoms with Crippen LogP contribution in [0.3, 0.4) is 0 Å². The maximum Gasteiger partial charge on any atom is 0.291 e. The zero-order chi connectivity index (χ0) is 18.5. The number of anilines is 1. The molecule has 2 amide bonds. The Morgan fingerprint density at radius 3 is 2.58 bits per heavy atom. The average Bonchev–Trinajstić information content (AvgIpc) is 3.18. The number of ether oxygens (including phenoxy) is 1. The van der Waals surface area contributed by atoms with Crippen molar-refractivity contribution in [3.8, 4) is 5.75 Å². The van der Waals surface area contributed by atoms with Crippen LogP contribution in [0.2, 0.25) is 0 Å². The molecule has 1 heterocycles. The van der Waals surface area contributed by atoms with Crippen LogP contribution in [0, 0.1) is 0 Å². The second-order valence-electron chi connectivity index (χ2n) is 6.43. The lowest BCUT2D eigenvalue weighted by Crippen LogP contribution is -2.40. The molecule has 1 aliphatic carbocycles. The number of nitrogens with two attached hydrogens (primary N) is 1. The van der Waals surface area contributed by atoms with Crippen LogP contribution < -0.4 is 21.1 Å². The minimum atomic E-state index is -0.410.